The Morgan fingerprint density at radius 2 is 2.12 bits per heavy atom. The van der Waals surface area contributed by atoms with Crippen molar-refractivity contribution in [1.82, 2.24) is 20.1 Å². The Morgan fingerprint density at radius 1 is 1.38 bits per heavy atom. The van der Waals surface area contributed by atoms with Gasteiger partial charge in [-0.1, -0.05) is 0 Å². The van der Waals surface area contributed by atoms with Gasteiger partial charge in [0.25, 0.3) is 0 Å². The van der Waals surface area contributed by atoms with Gasteiger partial charge in [-0.05, 0) is 32.4 Å². The topological polar surface area (TPSA) is 47.0 Å². The molecule has 1 N–H and O–H groups in total. The molecule has 1 aromatic rings. The average Bonchev–Trinajstić information content (AvgIpc) is 3.29. The van der Waals surface area contributed by atoms with Gasteiger partial charge in [-0.3, -0.25) is 9.89 Å². The Hall–Kier alpha value is -0.610. The zero-order valence-electron chi connectivity index (χ0n) is 14.9. The van der Waals surface area contributed by atoms with Crippen LogP contribution >= 0.6 is 35.3 Å². The molecule has 3 heterocycles. The summed E-state index contributed by atoms with van der Waals surface area (Å²) < 4.78 is 0. The zero-order valence-corrected chi connectivity index (χ0v) is 18.0. The molecule has 1 unspecified atom stereocenters. The Bertz CT molecular complexity index is 540. The van der Waals surface area contributed by atoms with Crippen molar-refractivity contribution in [2.24, 2.45) is 4.99 Å². The van der Waals surface area contributed by atoms with Crippen molar-refractivity contribution in [3.05, 3.63) is 11.1 Å². The molecule has 2 saturated heterocycles. The lowest BCUT2D eigenvalue weighted by molar-refractivity contribution is 0.249. The summed E-state index contributed by atoms with van der Waals surface area (Å²) in [5, 5.41) is 6.64. The molecule has 0 radical (unpaired) electrons. The van der Waals surface area contributed by atoms with Crippen LogP contribution in [0.25, 0.3) is 0 Å². The highest BCUT2D eigenvalue weighted by atomic mass is 127. The molecule has 0 amide bonds. The summed E-state index contributed by atoms with van der Waals surface area (Å²) in [6, 6.07) is 0.704. The number of aromatic nitrogens is 1. The van der Waals surface area contributed by atoms with Crippen molar-refractivity contribution in [3.8, 4) is 0 Å². The summed E-state index contributed by atoms with van der Waals surface area (Å²) in [7, 11) is 5.92. The van der Waals surface area contributed by atoms with E-state index >= 15 is 0 Å². The normalized spacial score (nSPS) is 21.9. The number of hydrogen-bond donors (Lipinski definition) is 1. The van der Waals surface area contributed by atoms with Gasteiger partial charge in [-0.25, -0.2) is 4.98 Å². The van der Waals surface area contributed by atoms with E-state index in [1.54, 1.807) is 11.3 Å². The zero-order chi connectivity index (χ0) is 16.2. The van der Waals surface area contributed by atoms with Crippen LogP contribution in [0.5, 0.6) is 0 Å². The van der Waals surface area contributed by atoms with E-state index in [0.29, 0.717) is 6.04 Å². The van der Waals surface area contributed by atoms with Gasteiger partial charge in [0.1, 0.15) is 0 Å². The third-order valence-corrected chi connectivity index (χ3v) is 5.74. The molecule has 0 aliphatic carbocycles. The number of halogens is 1. The number of likely N-dealkylation sites (tertiary alicyclic amines) is 2. The Labute approximate surface area is 166 Å². The largest absolute Gasteiger partial charge is 0.354 e. The molecule has 1 aromatic heterocycles. The molecule has 2 fully saturated rings. The maximum absolute atomic E-state index is 4.62. The predicted octanol–water partition coefficient (Wildman–Crippen LogP) is 2.07. The number of rotatable bonds is 4. The predicted molar refractivity (Wildman–Crippen MR) is 113 cm³/mol. The van der Waals surface area contributed by atoms with Gasteiger partial charge in [0.2, 0.25) is 0 Å². The minimum absolute atomic E-state index is 0. The summed E-state index contributed by atoms with van der Waals surface area (Å²) in [6.07, 6.45) is 3.98. The molecule has 1 atom stereocenters. The highest BCUT2D eigenvalue weighted by Crippen LogP contribution is 2.21. The van der Waals surface area contributed by atoms with E-state index in [1.807, 2.05) is 26.0 Å². The van der Waals surface area contributed by atoms with Crippen LogP contribution in [0.15, 0.2) is 10.4 Å². The first-order valence-corrected chi connectivity index (χ1v) is 9.36. The Morgan fingerprint density at radius 3 is 2.75 bits per heavy atom. The van der Waals surface area contributed by atoms with E-state index in [-0.39, 0.29) is 24.0 Å². The van der Waals surface area contributed by atoms with Gasteiger partial charge >= 0.3 is 0 Å². The molecule has 3 rings (SSSR count). The molecule has 0 aromatic carbocycles. The summed E-state index contributed by atoms with van der Waals surface area (Å²) >= 11 is 1.68. The highest BCUT2D eigenvalue weighted by molar-refractivity contribution is 14.0. The van der Waals surface area contributed by atoms with Crippen LogP contribution in [0.2, 0.25) is 0 Å². The van der Waals surface area contributed by atoms with Gasteiger partial charge < -0.3 is 15.1 Å². The molecular weight excluding hydrogens is 435 g/mol. The number of hydrogen-bond acceptors (Lipinski definition) is 5. The summed E-state index contributed by atoms with van der Waals surface area (Å²) in [6.45, 7) is 5.48. The smallest absolute Gasteiger partial charge is 0.194 e. The molecule has 2 aliphatic rings. The van der Waals surface area contributed by atoms with Crippen molar-refractivity contribution in [1.29, 1.82) is 0 Å². The Balaban J connectivity index is 0.00000208. The number of aliphatic imine (C=N–C) groups is 1. The monoisotopic (exact) mass is 464 g/mol. The molecule has 8 heteroatoms. The van der Waals surface area contributed by atoms with E-state index in [9.17, 15) is 0 Å². The van der Waals surface area contributed by atoms with Gasteiger partial charge in [-0.2, -0.15) is 0 Å². The van der Waals surface area contributed by atoms with Crippen LogP contribution in [-0.4, -0.2) is 74.1 Å². The molecule has 6 nitrogen and oxygen atoms in total. The summed E-state index contributed by atoms with van der Waals surface area (Å²) in [5.74, 6) is 1.01. The minimum Gasteiger partial charge on any atom is -0.354 e. The number of nitrogens with zero attached hydrogens (tertiary/aromatic N) is 5. The van der Waals surface area contributed by atoms with Crippen LogP contribution in [0.1, 0.15) is 25.0 Å². The first kappa shape index (κ1) is 19.7. The van der Waals surface area contributed by atoms with Crippen LogP contribution in [0.4, 0.5) is 5.13 Å². The number of anilines is 1. The lowest BCUT2D eigenvalue weighted by Crippen LogP contribution is -2.42. The number of guanidine groups is 1. The SMILES string of the molecule is CN=C(NCc1csc(N(C)C)n1)N1CCC(N2CCCC2)C1.I. The van der Waals surface area contributed by atoms with E-state index in [2.05, 4.69) is 30.5 Å². The van der Waals surface area contributed by atoms with Crippen LogP contribution < -0.4 is 10.2 Å². The van der Waals surface area contributed by atoms with Crippen LogP contribution in [0.3, 0.4) is 0 Å². The number of thiazole rings is 1. The highest BCUT2D eigenvalue weighted by Gasteiger charge is 2.30. The molecule has 136 valence electrons. The fourth-order valence-electron chi connectivity index (χ4n) is 3.42. The summed E-state index contributed by atoms with van der Waals surface area (Å²) in [4.78, 5) is 16.2. The Kier molecular flexibility index (Phi) is 7.55. The molecule has 0 saturated carbocycles. The molecule has 0 spiro atoms. The number of nitrogens with one attached hydrogen (secondary N) is 1. The van der Waals surface area contributed by atoms with Gasteiger partial charge in [-0.15, -0.1) is 35.3 Å². The molecule has 2 aliphatic heterocycles. The maximum Gasteiger partial charge on any atom is 0.194 e. The standard InChI is InChI=1S/C16H28N6S.HI/c1-17-15(18-10-13-12-23-16(19-13)20(2)3)22-9-6-14(11-22)21-7-4-5-8-21;/h12,14H,4-11H2,1-3H3,(H,17,18);1H. The van der Waals surface area contributed by atoms with Gasteiger partial charge in [0.15, 0.2) is 11.1 Å². The van der Waals surface area contributed by atoms with Crippen molar-refractivity contribution >= 4 is 46.4 Å². The quantitative estimate of drug-likeness (QED) is 0.420. The molecular formula is C16H29IN6S. The average molecular weight is 464 g/mol. The fraction of sp³-hybridized carbons (Fsp3) is 0.750. The lowest BCUT2D eigenvalue weighted by Gasteiger charge is -2.25. The van der Waals surface area contributed by atoms with Crippen LogP contribution in [0, 0.1) is 0 Å². The van der Waals surface area contributed by atoms with Gasteiger partial charge in [0, 0.05) is 45.7 Å². The van der Waals surface area contributed by atoms with E-state index in [0.717, 1.165) is 36.4 Å². The second kappa shape index (κ2) is 9.19. The summed E-state index contributed by atoms with van der Waals surface area (Å²) in [5.41, 5.74) is 1.08. The maximum atomic E-state index is 4.62. The van der Waals surface area contributed by atoms with Crippen molar-refractivity contribution in [3.63, 3.8) is 0 Å². The first-order chi connectivity index (χ1) is 11.2. The molecule has 0 bridgehead atoms. The third-order valence-electron chi connectivity index (χ3n) is 4.68. The third kappa shape index (κ3) is 4.72. The van der Waals surface area contributed by atoms with Crippen molar-refractivity contribution in [2.45, 2.75) is 31.8 Å². The van der Waals surface area contributed by atoms with Crippen molar-refractivity contribution < 1.29 is 0 Å². The second-order valence-corrected chi connectivity index (χ2v) is 7.38. The lowest BCUT2D eigenvalue weighted by atomic mass is 10.2. The van der Waals surface area contributed by atoms with Gasteiger partial charge in [0.05, 0.1) is 12.2 Å². The first-order valence-electron chi connectivity index (χ1n) is 8.48. The minimum atomic E-state index is 0. The van der Waals surface area contributed by atoms with E-state index in [4.69, 9.17) is 0 Å². The van der Waals surface area contributed by atoms with E-state index in [1.165, 1.54) is 32.4 Å². The van der Waals surface area contributed by atoms with Crippen LogP contribution in [-0.2, 0) is 6.54 Å². The second-order valence-electron chi connectivity index (χ2n) is 6.55. The molecule has 24 heavy (non-hydrogen) atoms. The van der Waals surface area contributed by atoms with Crippen molar-refractivity contribution in [2.75, 3.05) is 52.2 Å². The fourth-order valence-corrected chi connectivity index (χ4v) is 4.18. The van der Waals surface area contributed by atoms with E-state index < -0.39 is 0 Å².